The molecule has 0 spiro atoms. The van der Waals surface area contributed by atoms with Gasteiger partial charge in [0.2, 0.25) is 5.91 Å². The summed E-state index contributed by atoms with van der Waals surface area (Å²) in [6.07, 6.45) is 3.31. The maximum Gasteiger partial charge on any atom is 0.312 e. The fraction of sp³-hybridized carbons (Fsp3) is 0.214. The van der Waals surface area contributed by atoms with Gasteiger partial charge in [-0.25, -0.2) is 0 Å². The monoisotopic (exact) mass is 271 g/mol. The van der Waals surface area contributed by atoms with Crippen LogP contribution >= 0.6 is 0 Å². The van der Waals surface area contributed by atoms with Crippen molar-refractivity contribution in [3.8, 4) is 0 Å². The number of carboxylic acid groups (broad SMARTS) is 1. The highest BCUT2D eigenvalue weighted by molar-refractivity contribution is 5.98. The number of carboxylic acids is 1. The Balaban J connectivity index is 1.88. The third kappa shape index (κ3) is 2.05. The number of fused-ring (bicyclic) bond motifs is 1. The molecule has 0 bridgehead atoms. The first-order valence-electron chi connectivity index (χ1n) is 6.26. The first-order chi connectivity index (χ1) is 9.66. The number of nitrogens with zero attached hydrogens (tertiary/aromatic N) is 3. The fourth-order valence-electron chi connectivity index (χ4n) is 2.47. The Morgan fingerprint density at radius 3 is 2.80 bits per heavy atom. The van der Waals surface area contributed by atoms with Gasteiger partial charge in [-0.1, -0.05) is 18.2 Å². The van der Waals surface area contributed by atoms with Crippen molar-refractivity contribution in [3.05, 3.63) is 48.3 Å². The third-order valence-electron chi connectivity index (χ3n) is 3.42. The second kappa shape index (κ2) is 4.80. The van der Waals surface area contributed by atoms with Gasteiger partial charge in [-0.3, -0.25) is 14.3 Å². The molecule has 2 heterocycles. The lowest BCUT2D eigenvalue weighted by atomic mass is 10.0. The van der Waals surface area contributed by atoms with E-state index < -0.39 is 11.9 Å². The topological polar surface area (TPSA) is 75.4 Å². The molecule has 0 fully saturated rings. The van der Waals surface area contributed by atoms with Crippen molar-refractivity contribution >= 4 is 17.6 Å². The molecule has 1 aromatic carbocycles. The van der Waals surface area contributed by atoms with Gasteiger partial charge in [-0.05, 0) is 17.7 Å². The number of aromatic nitrogens is 2. The molecule has 1 amide bonds. The quantitative estimate of drug-likeness (QED) is 0.907. The summed E-state index contributed by atoms with van der Waals surface area (Å²) in [6, 6.07) is 8.87. The Bertz CT molecular complexity index is 651. The van der Waals surface area contributed by atoms with Crippen LogP contribution in [0.25, 0.3) is 0 Å². The lowest BCUT2D eigenvalue weighted by Crippen LogP contribution is -2.34. The lowest BCUT2D eigenvalue weighted by Gasteiger charge is -2.17. The number of carbonyl (C=O) groups excluding carboxylic acids is 1. The number of aliphatic carboxylic acids is 1. The van der Waals surface area contributed by atoms with E-state index in [1.807, 2.05) is 0 Å². The number of anilines is 1. The first kappa shape index (κ1) is 12.4. The van der Waals surface area contributed by atoms with Gasteiger partial charge in [0, 0.05) is 24.6 Å². The minimum absolute atomic E-state index is 0.105. The van der Waals surface area contributed by atoms with Gasteiger partial charge in [-0.2, -0.15) is 5.10 Å². The molecule has 6 heteroatoms. The van der Waals surface area contributed by atoms with E-state index in [-0.39, 0.29) is 19.0 Å². The van der Waals surface area contributed by atoms with Crippen LogP contribution in [0.5, 0.6) is 0 Å². The van der Waals surface area contributed by atoms with Crippen LogP contribution in [0.4, 0.5) is 5.69 Å². The number of rotatable bonds is 3. The zero-order chi connectivity index (χ0) is 14.1. The number of amides is 1. The maximum absolute atomic E-state index is 12.3. The molecule has 1 aromatic heterocycles. The summed E-state index contributed by atoms with van der Waals surface area (Å²) in [5.41, 5.74) is 1.37. The Morgan fingerprint density at radius 1 is 1.30 bits per heavy atom. The van der Waals surface area contributed by atoms with Crippen molar-refractivity contribution in [2.24, 2.45) is 0 Å². The van der Waals surface area contributed by atoms with E-state index in [4.69, 9.17) is 0 Å². The van der Waals surface area contributed by atoms with Crippen LogP contribution in [0, 0.1) is 0 Å². The zero-order valence-corrected chi connectivity index (χ0v) is 10.6. The second-order valence-electron chi connectivity index (χ2n) is 4.66. The summed E-state index contributed by atoms with van der Waals surface area (Å²) < 4.78 is 1.53. The van der Waals surface area contributed by atoms with E-state index in [2.05, 4.69) is 5.10 Å². The van der Waals surface area contributed by atoms with Gasteiger partial charge in [0.05, 0.1) is 0 Å². The van der Waals surface area contributed by atoms with Crippen molar-refractivity contribution in [1.29, 1.82) is 0 Å². The molecule has 6 nitrogen and oxygen atoms in total. The highest BCUT2D eigenvalue weighted by Gasteiger charge is 2.36. The Hall–Kier alpha value is -2.63. The number of hydrogen-bond donors (Lipinski definition) is 1. The zero-order valence-electron chi connectivity index (χ0n) is 10.6. The highest BCUT2D eigenvalue weighted by atomic mass is 16.4. The largest absolute Gasteiger partial charge is 0.481 e. The average molecular weight is 271 g/mol. The van der Waals surface area contributed by atoms with E-state index in [1.54, 1.807) is 42.7 Å². The van der Waals surface area contributed by atoms with Crippen LogP contribution in [0.1, 0.15) is 11.5 Å². The number of benzene rings is 1. The van der Waals surface area contributed by atoms with Crippen LogP contribution < -0.4 is 4.90 Å². The predicted molar refractivity (Wildman–Crippen MR) is 71.4 cm³/mol. The Labute approximate surface area is 115 Å². The van der Waals surface area contributed by atoms with Gasteiger partial charge in [0.1, 0.15) is 12.5 Å². The molecule has 0 saturated carbocycles. The Kier molecular flexibility index (Phi) is 2.98. The normalized spacial score (nSPS) is 17.0. The van der Waals surface area contributed by atoms with Gasteiger partial charge in [-0.15, -0.1) is 0 Å². The Morgan fingerprint density at radius 2 is 2.10 bits per heavy atom. The molecule has 0 unspecified atom stereocenters. The standard InChI is InChI=1S/C14H13N3O3/c18-13(9-16-7-3-6-15-16)17-8-11(14(19)20)10-4-1-2-5-12(10)17/h1-7,11H,8-9H2,(H,19,20)/t11-/m0/s1. The molecule has 102 valence electrons. The minimum atomic E-state index is -0.910. The van der Waals surface area contributed by atoms with Gasteiger partial charge in [0.25, 0.3) is 0 Å². The molecule has 0 radical (unpaired) electrons. The molecule has 20 heavy (non-hydrogen) atoms. The lowest BCUT2D eigenvalue weighted by molar-refractivity contribution is -0.138. The second-order valence-corrected chi connectivity index (χ2v) is 4.66. The molecular weight excluding hydrogens is 258 g/mol. The van der Waals surface area contributed by atoms with Crippen molar-refractivity contribution in [1.82, 2.24) is 9.78 Å². The molecule has 1 aliphatic rings. The van der Waals surface area contributed by atoms with Crippen LogP contribution in [0.3, 0.4) is 0 Å². The third-order valence-corrected chi connectivity index (χ3v) is 3.42. The summed E-state index contributed by atoms with van der Waals surface area (Å²) >= 11 is 0. The molecule has 0 aliphatic carbocycles. The average Bonchev–Trinajstić information content (AvgIpc) is 3.05. The van der Waals surface area contributed by atoms with E-state index >= 15 is 0 Å². The van der Waals surface area contributed by atoms with Crippen LogP contribution in [0.15, 0.2) is 42.7 Å². The predicted octanol–water partition coefficient (Wildman–Crippen LogP) is 1.10. The SMILES string of the molecule is O=C(O)[C@H]1CN(C(=O)Cn2cccn2)c2ccccc21. The van der Waals surface area contributed by atoms with E-state index in [0.29, 0.717) is 11.3 Å². The number of para-hydroxylation sites is 1. The van der Waals surface area contributed by atoms with Gasteiger partial charge in [0.15, 0.2) is 0 Å². The summed E-state index contributed by atoms with van der Waals surface area (Å²) in [5, 5.41) is 13.3. The van der Waals surface area contributed by atoms with Crippen molar-refractivity contribution in [2.75, 3.05) is 11.4 Å². The molecule has 1 atom stereocenters. The molecule has 3 rings (SSSR count). The maximum atomic E-state index is 12.3. The molecule has 1 N–H and O–H groups in total. The van der Waals surface area contributed by atoms with Crippen molar-refractivity contribution in [3.63, 3.8) is 0 Å². The highest BCUT2D eigenvalue weighted by Crippen LogP contribution is 2.36. The van der Waals surface area contributed by atoms with E-state index in [9.17, 15) is 14.7 Å². The van der Waals surface area contributed by atoms with Crippen LogP contribution in [0.2, 0.25) is 0 Å². The van der Waals surface area contributed by atoms with Crippen molar-refractivity contribution in [2.45, 2.75) is 12.5 Å². The van der Waals surface area contributed by atoms with E-state index in [1.165, 1.54) is 9.58 Å². The first-order valence-corrected chi connectivity index (χ1v) is 6.26. The van der Waals surface area contributed by atoms with Gasteiger partial charge >= 0.3 is 5.97 Å². The molecular formula is C14H13N3O3. The van der Waals surface area contributed by atoms with Crippen LogP contribution in [-0.4, -0.2) is 33.3 Å². The van der Waals surface area contributed by atoms with Gasteiger partial charge < -0.3 is 10.0 Å². The van der Waals surface area contributed by atoms with Crippen LogP contribution in [-0.2, 0) is 16.1 Å². The fourth-order valence-corrected chi connectivity index (χ4v) is 2.47. The summed E-state index contributed by atoms with van der Waals surface area (Å²) in [4.78, 5) is 25.1. The molecule has 2 aromatic rings. The number of carbonyl (C=O) groups is 2. The minimum Gasteiger partial charge on any atom is -0.481 e. The van der Waals surface area contributed by atoms with Crippen molar-refractivity contribution < 1.29 is 14.7 Å². The summed E-state index contributed by atoms with van der Waals surface area (Å²) in [5.74, 6) is -1.73. The summed E-state index contributed by atoms with van der Waals surface area (Å²) in [7, 11) is 0. The molecule has 0 saturated heterocycles. The van der Waals surface area contributed by atoms with E-state index in [0.717, 1.165) is 0 Å². The summed E-state index contributed by atoms with van der Waals surface area (Å²) in [6.45, 7) is 0.280. The smallest absolute Gasteiger partial charge is 0.312 e. The number of hydrogen-bond acceptors (Lipinski definition) is 3. The molecule has 1 aliphatic heterocycles.